The van der Waals surface area contributed by atoms with Crippen molar-refractivity contribution >= 4 is 5.82 Å². The highest BCUT2D eigenvalue weighted by atomic mass is 15.1. The van der Waals surface area contributed by atoms with Crippen molar-refractivity contribution in [2.24, 2.45) is 11.8 Å². The summed E-state index contributed by atoms with van der Waals surface area (Å²) in [5, 5.41) is 3.38. The molecule has 1 aromatic heterocycles. The second kappa shape index (κ2) is 5.91. The molecule has 0 bridgehead atoms. The molecule has 0 spiro atoms. The van der Waals surface area contributed by atoms with Gasteiger partial charge >= 0.3 is 0 Å². The van der Waals surface area contributed by atoms with Gasteiger partial charge in [0.25, 0.3) is 0 Å². The number of anilines is 1. The number of nitrogens with zero attached hydrogens (tertiary/aromatic N) is 2. The lowest BCUT2D eigenvalue weighted by Gasteiger charge is -2.23. The van der Waals surface area contributed by atoms with Crippen molar-refractivity contribution in [1.82, 2.24) is 9.88 Å². The predicted molar refractivity (Wildman–Crippen MR) is 79.1 cm³/mol. The summed E-state index contributed by atoms with van der Waals surface area (Å²) in [5.74, 6) is 3.01. The minimum absolute atomic E-state index is 0.940. The molecule has 3 heteroatoms. The van der Waals surface area contributed by atoms with E-state index in [4.69, 9.17) is 0 Å². The molecule has 0 saturated heterocycles. The molecule has 0 aromatic carbocycles. The maximum Gasteiger partial charge on any atom is 0.130 e. The first-order valence-corrected chi connectivity index (χ1v) is 7.75. The lowest BCUT2D eigenvalue weighted by molar-refractivity contribution is 0.244. The molecule has 1 aromatic rings. The Morgan fingerprint density at radius 3 is 2.47 bits per heavy atom. The van der Waals surface area contributed by atoms with Gasteiger partial charge in [-0.25, -0.2) is 4.98 Å². The third-order valence-electron chi connectivity index (χ3n) is 4.06. The number of hydrogen-bond donors (Lipinski definition) is 1. The van der Waals surface area contributed by atoms with Gasteiger partial charge < -0.3 is 5.32 Å². The van der Waals surface area contributed by atoms with E-state index >= 15 is 0 Å². The first-order chi connectivity index (χ1) is 9.35. The van der Waals surface area contributed by atoms with Crippen LogP contribution >= 0.6 is 0 Å². The molecule has 3 nitrogen and oxygen atoms in total. The van der Waals surface area contributed by atoms with E-state index in [2.05, 4.69) is 34.3 Å². The Morgan fingerprint density at radius 2 is 1.89 bits per heavy atom. The lowest BCUT2D eigenvalue weighted by atomic mass is 10.2. The molecule has 1 heterocycles. The highest BCUT2D eigenvalue weighted by Crippen LogP contribution is 2.34. The van der Waals surface area contributed by atoms with Crippen LogP contribution in [0.3, 0.4) is 0 Å². The van der Waals surface area contributed by atoms with Crippen molar-refractivity contribution in [2.75, 3.05) is 25.0 Å². The van der Waals surface area contributed by atoms with Gasteiger partial charge in [-0.2, -0.15) is 0 Å². The summed E-state index contributed by atoms with van der Waals surface area (Å²) in [5.41, 5.74) is 1.35. The van der Waals surface area contributed by atoms with Gasteiger partial charge in [-0.15, -0.1) is 0 Å². The molecule has 19 heavy (non-hydrogen) atoms. The van der Waals surface area contributed by atoms with Crippen LogP contribution in [-0.4, -0.2) is 29.5 Å². The Kier molecular flexibility index (Phi) is 4.02. The fourth-order valence-corrected chi connectivity index (χ4v) is 2.67. The van der Waals surface area contributed by atoms with E-state index in [0.29, 0.717) is 0 Å². The largest absolute Gasteiger partial charge is 0.370 e. The van der Waals surface area contributed by atoms with E-state index in [0.717, 1.165) is 30.7 Å². The van der Waals surface area contributed by atoms with Crippen molar-refractivity contribution < 1.29 is 0 Å². The minimum Gasteiger partial charge on any atom is -0.370 e. The molecule has 0 aliphatic heterocycles. The smallest absolute Gasteiger partial charge is 0.130 e. The highest BCUT2D eigenvalue weighted by Gasteiger charge is 2.29. The van der Waals surface area contributed by atoms with Gasteiger partial charge in [0.1, 0.15) is 5.82 Å². The topological polar surface area (TPSA) is 28.2 Å². The molecule has 2 saturated carbocycles. The van der Waals surface area contributed by atoms with Gasteiger partial charge in [0.15, 0.2) is 0 Å². The van der Waals surface area contributed by atoms with Crippen LogP contribution in [0.2, 0.25) is 0 Å². The maximum atomic E-state index is 4.47. The Labute approximate surface area is 116 Å². The number of nitrogens with one attached hydrogen (secondary N) is 1. The van der Waals surface area contributed by atoms with Crippen LogP contribution in [0.4, 0.5) is 5.82 Å². The SMILES string of the molecule is CCNc1ncccc1CN(CC1CC1)CC1CC1. The number of hydrogen-bond acceptors (Lipinski definition) is 3. The van der Waals surface area contributed by atoms with Crippen molar-refractivity contribution in [3.05, 3.63) is 23.9 Å². The minimum atomic E-state index is 0.940. The van der Waals surface area contributed by atoms with Crippen LogP contribution in [0.1, 0.15) is 38.2 Å². The van der Waals surface area contributed by atoms with Crippen LogP contribution in [0.15, 0.2) is 18.3 Å². The summed E-state index contributed by atoms with van der Waals surface area (Å²) in [7, 11) is 0. The molecular formula is C16H25N3. The standard InChI is InChI=1S/C16H25N3/c1-2-17-16-15(4-3-9-18-16)12-19(10-13-5-6-13)11-14-7-8-14/h3-4,9,13-14H,2,5-8,10-12H2,1H3,(H,17,18). The van der Waals surface area contributed by atoms with Crippen LogP contribution in [0.5, 0.6) is 0 Å². The molecule has 0 amide bonds. The fraction of sp³-hybridized carbons (Fsp3) is 0.688. The second-order valence-corrected chi connectivity index (χ2v) is 6.12. The van der Waals surface area contributed by atoms with E-state index in [1.807, 2.05) is 6.20 Å². The van der Waals surface area contributed by atoms with Crippen molar-refractivity contribution in [3.8, 4) is 0 Å². The van der Waals surface area contributed by atoms with Gasteiger partial charge in [-0.05, 0) is 50.5 Å². The van der Waals surface area contributed by atoms with Crippen LogP contribution < -0.4 is 5.32 Å². The van der Waals surface area contributed by atoms with Gasteiger partial charge in [-0.3, -0.25) is 4.90 Å². The first kappa shape index (κ1) is 12.9. The quantitative estimate of drug-likeness (QED) is 0.777. The van der Waals surface area contributed by atoms with E-state index in [1.165, 1.54) is 44.3 Å². The van der Waals surface area contributed by atoms with Crippen molar-refractivity contribution in [1.29, 1.82) is 0 Å². The molecule has 2 aliphatic carbocycles. The number of rotatable bonds is 8. The Bertz CT molecular complexity index is 396. The third kappa shape index (κ3) is 3.93. The molecule has 0 atom stereocenters. The summed E-state index contributed by atoms with van der Waals surface area (Å²) >= 11 is 0. The molecule has 2 fully saturated rings. The predicted octanol–water partition coefficient (Wildman–Crippen LogP) is 3.14. The highest BCUT2D eigenvalue weighted by molar-refractivity contribution is 5.43. The van der Waals surface area contributed by atoms with Crippen LogP contribution in [0, 0.1) is 11.8 Å². The maximum absolute atomic E-state index is 4.47. The monoisotopic (exact) mass is 259 g/mol. The zero-order valence-corrected chi connectivity index (χ0v) is 11.9. The summed E-state index contributed by atoms with van der Waals surface area (Å²) < 4.78 is 0. The summed E-state index contributed by atoms with van der Waals surface area (Å²) in [4.78, 5) is 7.13. The molecule has 3 rings (SSSR count). The number of aromatic nitrogens is 1. The summed E-state index contributed by atoms with van der Waals surface area (Å²) in [6, 6.07) is 4.28. The molecular weight excluding hydrogens is 234 g/mol. The average molecular weight is 259 g/mol. The Morgan fingerprint density at radius 1 is 1.21 bits per heavy atom. The van der Waals surface area contributed by atoms with E-state index in [-0.39, 0.29) is 0 Å². The van der Waals surface area contributed by atoms with Crippen LogP contribution in [-0.2, 0) is 6.54 Å². The molecule has 1 N–H and O–H groups in total. The van der Waals surface area contributed by atoms with Crippen molar-refractivity contribution in [3.63, 3.8) is 0 Å². The van der Waals surface area contributed by atoms with Gasteiger partial charge in [0.05, 0.1) is 0 Å². The Hall–Kier alpha value is -1.09. The Balaban J connectivity index is 1.64. The molecule has 104 valence electrons. The fourth-order valence-electron chi connectivity index (χ4n) is 2.67. The van der Waals surface area contributed by atoms with E-state index in [9.17, 15) is 0 Å². The lowest BCUT2D eigenvalue weighted by Crippen LogP contribution is -2.28. The summed E-state index contributed by atoms with van der Waals surface area (Å²) in [6.45, 7) is 6.71. The average Bonchev–Trinajstić information content (AvgIpc) is 3.28. The van der Waals surface area contributed by atoms with E-state index in [1.54, 1.807) is 0 Å². The van der Waals surface area contributed by atoms with Gasteiger partial charge in [-0.1, -0.05) is 6.07 Å². The molecule has 2 aliphatic rings. The second-order valence-electron chi connectivity index (χ2n) is 6.12. The van der Waals surface area contributed by atoms with E-state index < -0.39 is 0 Å². The summed E-state index contributed by atoms with van der Waals surface area (Å²) in [6.07, 6.45) is 7.64. The molecule has 0 radical (unpaired) electrons. The molecule has 0 unspecified atom stereocenters. The zero-order chi connectivity index (χ0) is 13.1. The zero-order valence-electron chi connectivity index (χ0n) is 11.9. The van der Waals surface area contributed by atoms with Gasteiger partial charge in [0.2, 0.25) is 0 Å². The van der Waals surface area contributed by atoms with Crippen LogP contribution in [0.25, 0.3) is 0 Å². The van der Waals surface area contributed by atoms with Crippen molar-refractivity contribution in [2.45, 2.75) is 39.2 Å². The normalized spacial score (nSPS) is 18.8. The third-order valence-corrected chi connectivity index (χ3v) is 4.06. The first-order valence-electron chi connectivity index (χ1n) is 7.75. The van der Waals surface area contributed by atoms with Gasteiger partial charge in [0, 0.05) is 37.9 Å². The number of pyridine rings is 1.